The number of aliphatic imine (C=N–C) groups is 1. The second kappa shape index (κ2) is 4.72. The van der Waals surface area contributed by atoms with E-state index < -0.39 is 0 Å². The predicted molar refractivity (Wildman–Crippen MR) is 48.3 cm³/mol. The van der Waals surface area contributed by atoms with E-state index in [1.807, 2.05) is 12.1 Å². The summed E-state index contributed by atoms with van der Waals surface area (Å²) in [5, 5.41) is 10.9. The molecule has 5 heteroatoms. The van der Waals surface area contributed by atoms with Crippen LogP contribution in [-0.2, 0) is 6.54 Å². The zero-order valence-electron chi connectivity index (χ0n) is 6.94. The van der Waals surface area contributed by atoms with Crippen LogP contribution in [0, 0.1) is 11.5 Å². The minimum Gasteiger partial charge on any atom is -0.369 e. The summed E-state index contributed by atoms with van der Waals surface area (Å²) >= 11 is 0. The lowest BCUT2D eigenvalue weighted by Gasteiger charge is -2.02. The molecule has 0 aliphatic rings. The van der Waals surface area contributed by atoms with Crippen LogP contribution in [0.2, 0.25) is 0 Å². The van der Waals surface area contributed by atoms with Crippen molar-refractivity contribution < 1.29 is 0 Å². The van der Waals surface area contributed by atoms with Crippen LogP contribution in [0.1, 0.15) is 5.56 Å². The molecule has 0 unspecified atom stereocenters. The summed E-state index contributed by atoms with van der Waals surface area (Å²) in [5.74, 6) is 0.117. The molecule has 5 nitrogen and oxygen atoms in total. The predicted octanol–water partition coefficient (Wildman–Crippen LogP) is -0.0330. The highest BCUT2D eigenvalue weighted by molar-refractivity contribution is 5.78. The van der Waals surface area contributed by atoms with Crippen LogP contribution in [0.15, 0.2) is 29.5 Å². The summed E-state index contributed by atoms with van der Waals surface area (Å²) in [6.07, 6.45) is 4.99. The highest BCUT2D eigenvalue weighted by Gasteiger charge is 1.92. The zero-order valence-corrected chi connectivity index (χ0v) is 6.94. The Hall–Kier alpha value is -2.09. The van der Waals surface area contributed by atoms with Crippen molar-refractivity contribution in [1.29, 1.82) is 5.26 Å². The molecule has 1 heterocycles. The molecular weight excluding hydrogens is 166 g/mol. The Kier molecular flexibility index (Phi) is 3.27. The molecule has 0 aromatic carbocycles. The van der Waals surface area contributed by atoms with E-state index in [4.69, 9.17) is 11.0 Å². The van der Waals surface area contributed by atoms with Gasteiger partial charge in [0, 0.05) is 18.9 Å². The van der Waals surface area contributed by atoms with Crippen molar-refractivity contribution in [3.05, 3.63) is 30.1 Å². The fourth-order valence-corrected chi connectivity index (χ4v) is 0.789. The minimum absolute atomic E-state index is 0.117. The summed E-state index contributed by atoms with van der Waals surface area (Å²) in [6.45, 7) is 0.519. The molecule has 1 rings (SSSR count). The molecule has 1 aromatic heterocycles. The van der Waals surface area contributed by atoms with Crippen LogP contribution in [0.3, 0.4) is 0 Å². The van der Waals surface area contributed by atoms with Crippen molar-refractivity contribution in [2.75, 3.05) is 0 Å². The lowest BCUT2D eigenvalue weighted by atomic mass is 10.3. The van der Waals surface area contributed by atoms with Gasteiger partial charge in [-0.2, -0.15) is 5.26 Å². The maximum atomic E-state index is 8.16. The van der Waals surface area contributed by atoms with Gasteiger partial charge >= 0.3 is 0 Å². The Morgan fingerprint density at radius 2 is 2.62 bits per heavy atom. The van der Waals surface area contributed by atoms with Gasteiger partial charge in [-0.05, 0) is 11.6 Å². The number of nitrogens with two attached hydrogens (primary N) is 1. The summed E-state index contributed by atoms with van der Waals surface area (Å²) in [6, 6.07) is 3.73. The monoisotopic (exact) mass is 175 g/mol. The van der Waals surface area contributed by atoms with Crippen LogP contribution >= 0.6 is 0 Å². The van der Waals surface area contributed by atoms with E-state index in [9.17, 15) is 0 Å². The topological polar surface area (TPSA) is 87.1 Å². The number of hydrogen-bond donors (Lipinski definition) is 2. The summed E-state index contributed by atoms with van der Waals surface area (Å²) in [7, 11) is 0. The number of hydrogen-bond acceptors (Lipinski definition) is 3. The maximum Gasteiger partial charge on any atom is 0.209 e. The van der Waals surface area contributed by atoms with Gasteiger partial charge in [-0.25, -0.2) is 0 Å². The third kappa shape index (κ3) is 3.20. The molecule has 0 amide bonds. The van der Waals surface area contributed by atoms with Crippen LogP contribution < -0.4 is 11.1 Å². The molecule has 13 heavy (non-hydrogen) atoms. The summed E-state index contributed by atoms with van der Waals surface area (Å²) < 4.78 is 0. The molecule has 0 fully saturated rings. The second-order valence-electron chi connectivity index (χ2n) is 2.31. The maximum absolute atomic E-state index is 8.16. The molecule has 0 radical (unpaired) electrons. The number of rotatable bonds is 2. The van der Waals surface area contributed by atoms with Gasteiger partial charge < -0.3 is 11.1 Å². The van der Waals surface area contributed by atoms with E-state index >= 15 is 0 Å². The Labute approximate surface area is 75.9 Å². The highest BCUT2D eigenvalue weighted by atomic mass is 15.1. The fourth-order valence-electron chi connectivity index (χ4n) is 0.789. The summed E-state index contributed by atoms with van der Waals surface area (Å²) in [5.41, 5.74) is 6.31. The van der Waals surface area contributed by atoms with E-state index in [-0.39, 0.29) is 5.96 Å². The second-order valence-corrected chi connectivity index (χ2v) is 2.31. The normalized spacial score (nSPS) is 10.5. The lowest BCUT2D eigenvalue weighted by molar-refractivity contribution is 0.896. The first-order chi connectivity index (χ1) is 6.33. The Balaban J connectivity index is 2.45. The first-order valence-corrected chi connectivity index (χ1v) is 3.68. The van der Waals surface area contributed by atoms with E-state index in [0.717, 1.165) is 5.56 Å². The van der Waals surface area contributed by atoms with E-state index in [1.54, 1.807) is 18.6 Å². The molecule has 0 saturated heterocycles. The lowest BCUT2D eigenvalue weighted by Crippen LogP contribution is -2.30. The fraction of sp³-hybridized carbons (Fsp3) is 0.125. The van der Waals surface area contributed by atoms with Gasteiger partial charge in [0.1, 0.15) is 0 Å². The van der Waals surface area contributed by atoms with Crippen molar-refractivity contribution >= 4 is 5.96 Å². The average molecular weight is 175 g/mol. The Morgan fingerprint density at radius 3 is 3.23 bits per heavy atom. The van der Waals surface area contributed by atoms with Crippen LogP contribution in [0.25, 0.3) is 0 Å². The number of nitrogens with zero attached hydrogens (tertiary/aromatic N) is 3. The standard InChI is InChI=1S/C8H9N5/c9-6-13-8(10)12-5-7-2-1-3-11-4-7/h1-4H,5H2,(H3,10,12,13). The minimum atomic E-state index is 0.117. The van der Waals surface area contributed by atoms with Gasteiger partial charge in [0.25, 0.3) is 0 Å². The third-order valence-electron chi connectivity index (χ3n) is 1.37. The van der Waals surface area contributed by atoms with Crippen molar-refractivity contribution in [3.63, 3.8) is 0 Å². The van der Waals surface area contributed by atoms with Crippen molar-refractivity contribution in [2.24, 2.45) is 10.7 Å². The van der Waals surface area contributed by atoms with E-state index in [2.05, 4.69) is 15.3 Å². The quantitative estimate of drug-likeness (QED) is 0.375. The van der Waals surface area contributed by atoms with Crippen LogP contribution in [-0.4, -0.2) is 10.9 Å². The molecule has 0 aliphatic heterocycles. The number of nitrogens with one attached hydrogen (secondary N) is 1. The van der Waals surface area contributed by atoms with Gasteiger partial charge in [0.15, 0.2) is 0 Å². The molecule has 0 bridgehead atoms. The number of pyridine rings is 1. The van der Waals surface area contributed by atoms with E-state index in [0.29, 0.717) is 6.54 Å². The van der Waals surface area contributed by atoms with Gasteiger partial charge in [-0.1, -0.05) is 6.07 Å². The van der Waals surface area contributed by atoms with E-state index in [1.165, 1.54) is 0 Å². The van der Waals surface area contributed by atoms with Gasteiger partial charge in [0.2, 0.25) is 12.2 Å². The largest absolute Gasteiger partial charge is 0.369 e. The molecule has 3 N–H and O–H groups in total. The molecule has 66 valence electrons. The van der Waals surface area contributed by atoms with Crippen LogP contribution in [0.5, 0.6) is 0 Å². The smallest absolute Gasteiger partial charge is 0.209 e. The van der Waals surface area contributed by atoms with Crippen molar-refractivity contribution in [3.8, 4) is 6.19 Å². The van der Waals surface area contributed by atoms with Gasteiger partial charge in [-0.3, -0.25) is 4.98 Å². The molecule has 0 saturated carbocycles. The molecule has 0 aliphatic carbocycles. The highest BCUT2D eigenvalue weighted by Crippen LogP contribution is 1.93. The van der Waals surface area contributed by atoms with Crippen molar-refractivity contribution in [1.82, 2.24) is 10.3 Å². The van der Waals surface area contributed by atoms with Gasteiger partial charge in [-0.15, -0.1) is 4.99 Å². The first kappa shape index (κ1) is 9.00. The summed E-state index contributed by atoms with van der Waals surface area (Å²) in [4.78, 5) is 7.23. The SMILES string of the molecule is N#C/N=C(/N)NCc1cccnc1. The Bertz CT molecular complexity index is 324. The third-order valence-corrected chi connectivity index (χ3v) is 1.37. The molecule has 0 atom stereocenters. The number of aromatic nitrogens is 1. The Morgan fingerprint density at radius 1 is 1.77 bits per heavy atom. The molecule has 1 aromatic rings. The number of guanidine groups is 1. The average Bonchev–Trinajstić information content (AvgIpc) is 2.17. The molecule has 0 spiro atoms. The zero-order chi connectivity index (χ0) is 9.52. The first-order valence-electron chi connectivity index (χ1n) is 3.68. The molecular formula is C8H9N5. The van der Waals surface area contributed by atoms with Crippen LogP contribution in [0.4, 0.5) is 0 Å². The van der Waals surface area contributed by atoms with Gasteiger partial charge in [0.05, 0.1) is 0 Å². The number of nitriles is 1. The van der Waals surface area contributed by atoms with Crippen molar-refractivity contribution in [2.45, 2.75) is 6.54 Å².